The fourth-order valence-corrected chi connectivity index (χ4v) is 2.01. The van der Waals surface area contributed by atoms with Gasteiger partial charge in [-0.1, -0.05) is 0 Å². The molecule has 7 heteroatoms. The number of aliphatic imine (C=N–C) groups is 1. The zero-order valence-corrected chi connectivity index (χ0v) is 16.3. The van der Waals surface area contributed by atoms with E-state index < -0.39 is 5.60 Å². The van der Waals surface area contributed by atoms with Gasteiger partial charge in [-0.25, -0.2) is 9.79 Å². The first-order valence-corrected chi connectivity index (χ1v) is 8.73. The van der Waals surface area contributed by atoms with Gasteiger partial charge in [0.15, 0.2) is 5.96 Å². The van der Waals surface area contributed by atoms with Crippen molar-refractivity contribution in [3.8, 4) is 0 Å². The highest BCUT2D eigenvalue weighted by Crippen LogP contribution is 2.11. The Morgan fingerprint density at radius 2 is 2.12 bits per heavy atom. The fourth-order valence-electron chi connectivity index (χ4n) is 2.01. The summed E-state index contributed by atoms with van der Waals surface area (Å²) in [4.78, 5) is 18.2. The first-order valence-electron chi connectivity index (χ1n) is 8.73. The highest BCUT2D eigenvalue weighted by molar-refractivity contribution is 5.79. The Bertz CT molecular complexity index is 535. The normalized spacial score (nSPS) is 13.3. The van der Waals surface area contributed by atoms with Crippen molar-refractivity contribution >= 4 is 12.1 Å². The lowest BCUT2D eigenvalue weighted by atomic mass is 10.2. The number of ether oxygens (including phenoxy) is 1. The predicted octanol–water partition coefficient (Wildman–Crippen LogP) is 2.98. The first kappa shape index (κ1) is 20.9. The molecule has 1 unspecified atom stereocenters. The number of hydrogen-bond acceptors (Lipinski definition) is 4. The van der Waals surface area contributed by atoms with E-state index in [1.54, 1.807) is 18.2 Å². The van der Waals surface area contributed by atoms with Crippen molar-refractivity contribution in [2.45, 2.75) is 59.2 Å². The van der Waals surface area contributed by atoms with Crippen molar-refractivity contribution in [3.05, 3.63) is 24.2 Å². The first-order chi connectivity index (χ1) is 11.7. The third kappa shape index (κ3) is 8.47. The smallest absolute Gasteiger partial charge is 0.410 e. The molecule has 142 valence electrons. The summed E-state index contributed by atoms with van der Waals surface area (Å²) in [5.41, 5.74) is -0.486. The number of rotatable bonds is 7. The number of amides is 1. The number of carbonyl (C=O) groups is 1. The number of nitrogens with one attached hydrogen (secondary N) is 2. The standard InChI is InChI=1S/C18H32N4O3/c1-7-19-16(21-13-15-9-8-12-24-15)20-11-10-14(2)22(6)17(23)25-18(3,4)5/h8-9,12,14H,7,10-11,13H2,1-6H3,(H2,19,20,21). The lowest BCUT2D eigenvalue weighted by molar-refractivity contribution is 0.0230. The van der Waals surface area contributed by atoms with Gasteiger partial charge in [-0.3, -0.25) is 0 Å². The van der Waals surface area contributed by atoms with Crippen LogP contribution in [0.5, 0.6) is 0 Å². The van der Waals surface area contributed by atoms with Crippen molar-refractivity contribution in [3.63, 3.8) is 0 Å². The van der Waals surface area contributed by atoms with Gasteiger partial charge in [0.2, 0.25) is 0 Å². The second-order valence-electron chi connectivity index (χ2n) is 6.93. The largest absolute Gasteiger partial charge is 0.467 e. The molecular formula is C18H32N4O3. The molecule has 0 aromatic carbocycles. The van der Waals surface area contributed by atoms with Gasteiger partial charge in [0.1, 0.15) is 17.9 Å². The molecule has 0 radical (unpaired) electrons. The Morgan fingerprint density at radius 3 is 2.68 bits per heavy atom. The van der Waals surface area contributed by atoms with E-state index in [-0.39, 0.29) is 12.1 Å². The van der Waals surface area contributed by atoms with E-state index in [4.69, 9.17) is 9.15 Å². The van der Waals surface area contributed by atoms with E-state index in [1.807, 2.05) is 46.8 Å². The van der Waals surface area contributed by atoms with Crippen LogP contribution in [0.2, 0.25) is 0 Å². The van der Waals surface area contributed by atoms with Crippen molar-refractivity contribution < 1.29 is 13.9 Å². The van der Waals surface area contributed by atoms with Crippen molar-refractivity contribution in [1.29, 1.82) is 0 Å². The molecule has 0 aliphatic rings. The minimum Gasteiger partial charge on any atom is -0.467 e. The molecule has 0 fully saturated rings. The van der Waals surface area contributed by atoms with Gasteiger partial charge in [-0.05, 0) is 53.2 Å². The molecule has 7 nitrogen and oxygen atoms in total. The van der Waals surface area contributed by atoms with Crippen LogP contribution < -0.4 is 10.6 Å². The van der Waals surface area contributed by atoms with Gasteiger partial charge < -0.3 is 24.7 Å². The minimum atomic E-state index is -0.486. The molecule has 0 aliphatic heterocycles. The van der Waals surface area contributed by atoms with Crippen LogP contribution in [-0.4, -0.2) is 48.7 Å². The molecule has 1 atom stereocenters. The molecular weight excluding hydrogens is 320 g/mol. The van der Waals surface area contributed by atoms with Crippen LogP contribution in [0.1, 0.15) is 46.8 Å². The van der Waals surface area contributed by atoms with E-state index in [0.29, 0.717) is 13.1 Å². The van der Waals surface area contributed by atoms with Gasteiger partial charge in [-0.2, -0.15) is 0 Å². The average Bonchev–Trinajstić information content (AvgIpc) is 3.03. The van der Waals surface area contributed by atoms with Crippen LogP contribution in [0.4, 0.5) is 4.79 Å². The molecule has 0 saturated carbocycles. The second kappa shape index (κ2) is 9.96. The number of guanidine groups is 1. The van der Waals surface area contributed by atoms with Gasteiger partial charge in [0.25, 0.3) is 0 Å². The lowest BCUT2D eigenvalue weighted by Gasteiger charge is -2.28. The molecule has 0 spiro atoms. The van der Waals surface area contributed by atoms with E-state index in [2.05, 4.69) is 15.6 Å². The monoisotopic (exact) mass is 352 g/mol. The summed E-state index contributed by atoms with van der Waals surface area (Å²) in [7, 11) is 1.76. The molecule has 25 heavy (non-hydrogen) atoms. The zero-order chi connectivity index (χ0) is 18.9. The molecule has 1 heterocycles. The molecule has 1 amide bonds. The van der Waals surface area contributed by atoms with Crippen LogP contribution >= 0.6 is 0 Å². The Kier molecular flexibility index (Phi) is 8.31. The van der Waals surface area contributed by atoms with Crippen LogP contribution in [-0.2, 0) is 11.3 Å². The molecule has 1 aromatic rings. The Morgan fingerprint density at radius 1 is 1.40 bits per heavy atom. The topological polar surface area (TPSA) is 79.1 Å². The number of furan rings is 1. The van der Waals surface area contributed by atoms with E-state index in [1.165, 1.54) is 0 Å². The zero-order valence-electron chi connectivity index (χ0n) is 16.3. The average molecular weight is 352 g/mol. The highest BCUT2D eigenvalue weighted by atomic mass is 16.6. The van der Waals surface area contributed by atoms with Gasteiger partial charge >= 0.3 is 6.09 Å². The lowest BCUT2D eigenvalue weighted by Crippen LogP contribution is -2.42. The fraction of sp³-hybridized carbons (Fsp3) is 0.667. The SMILES string of the molecule is CCNC(=NCc1ccco1)NCCC(C)N(C)C(=O)OC(C)(C)C. The summed E-state index contributed by atoms with van der Waals surface area (Å²) in [6, 6.07) is 3.79. The summed E-state index contributed by atoms with van der Waals surface area (Å²) in [5.74, 6) is 1.54. The van der Waals surface area contributed by atoms with E-state index in [0.717, 1.165) is 24.7 Å². The summed E-state index contributed by atoms with van der Waals surface area (Å²) >= 11 is 0. The van der Waals surface area contributed by atoms with Crippen LogP contribution in [0.3, 0.4) is 0 Å². The van der Waals surface area contributed by atoms with Crippen LogP contribution in [0.15, 0.2) is 27.8 Å². The third-order valence-corrected chi connectivity index (χ3v) is 3.51. The Balaban J connectivity index is 2.43. The summed E-state index contributed by atoms with van der Waals surface area (Å²) in [5, 5.41) is 6.47. The maximum atomic E-state index is 12.1. The quantitative estimate of drug-likeness (QED) is 0.582. The summed E-state index contributed by atoms with van der Waals surface area (Å²) < 4.78 is 10.7. The van der Waals surface area contributed by atoms with E-state index >= 15 is 0 Å². The van der Waals surface area contributed by atoms with Crippen molar-refractivity contribution in [2.75, 3.05) is 20.1 Å². The van der Waals surface area contributed by atoms with Crippen molar-refractivity contribution in [2.24, 2.45) is 4.99 Å². The van der Waals surface area contributed by atoms with Crippen LogP contribution in [0.25, 0.3) is 0 Å². The maximum absolute atomic E-state index is 12.1. The molecule has 0 saturated heterocycles. The third-order valence-electron chi connectivity index (χ3n) is 3.51. The summed E-state index contributed by atoms with van der Waals surface area (Å²) in [6.45, 7) is 11.6. The molecule has 1 rings (SSSR count). The minimum absolute atomic E-state index is 0.0512. The highest BCUT2D eigenvalue weighted by Gasteiger charge is 2.22. The Labute approximate surface area is 150 Å². The number of nitrogens with zero attached hydrogens (tertiary/aromatic N) is 2. The van der Waals surface area contributed by atoms with Crippen LogP contribution in [0, 0.1) is 0 Å². The number of hydrogen-bond donors (Lipinski definition) is 2. The van der Waals surface area contributed by atoms with Crippen molar-refractivity contribution in [1.82, 2.24) is 15.5 Å². The number of carbonyl (C=O) groups excluding carboxylic acids is 1. The molecule has 0 aliphatic carbocycles. The molecule has 1 aromatic heterocycles. The van der Waals surface area contributed by atoms with Gasteiger partial charge in [-0.15, -0.1) is 0 Å². The van der Waals surface area contributed by atoms with Gasteiger partial charge in [0.05, 0.1) is 6.26 Å². The summed E-state index contributed by atoms with van der Waals surface area (Å²) in [6.07, 6.45) is 2.11. The van der Waals surface area contributed by atoms with E-state index in [9.17, 15) is 4.79 Å². The van der Waals surface area contributed by atoms with Gasteiger partial charge in [0, 0.05) is 26.2 Å². The Hall–Kier alpha value is -2.18. The second-order valence-corrected chi connectivity index (χ2v) is 6.93. The predicted molar refractivity (Wildman–Crippen MR) is 99.6 cm³/mol. The maximum Gasteiger partial charge on any atom is 0.410 e. The molecule has 2 N–H and O–H groups in total. The molecule has 0 bridgehead atoms.